The first-order chi connectivity index (χ1) is 13.2. The molecule has 0 saturated heterocycles. The second kappa shape index (κ2) is 6.26. The molecule has 1 N–H and O–H groups in total. The number of aromatic nitrogens is 6. The van der Waals surface area contributed by atoms with Crippen LogP contribution in [0.3, 0.4) is 0 Å². The monoisotopic (exact) mass is 400 g/mol. The molecule has 8 nitrogen and oxygen atoms in total. The minimum absolute atomic E-state index is 0.211. The van der Waals surface area contributed by atoms with Crippen molar-refractivity contribution < 1.29 is 9.15 Å². The standard InChI is InChI=1S/C17H10Cl2N6O2/c18-9-1-3-13(12(19)5-9)26-7-10-2-4-14(27-10)16-22-17-11-6-21-23-15(11)20-8-25(17)24-16/h1-6,8H,7H2,(H,21,23). The van der Waals surface area contributed by atoms with E-state index in [0.29, 0.717) is 44.4 Å². The van der Waals surface area contributed by atoms with Gasteiger partial charge >= 0.3 is 0 Å². The number of ether oxygens (including phenoxy) is 1. The summed E-state index contributed by atoms with van der Waals surface area (Å²) in [7, 11) is 0. The van der Waals surface area contributed by atoms with Crippen LogP contribution >= 0.6 is 23.2 Å². The lowest BCUT2D eigenvalue weighted by molar-refractivity contribution is 0.272. The van der Waals surface area contributed by atoms with E-state index in [9.17, 15) is 0 Å². The maximum atomic E-state index is 6.10. The number of halogens is 2. The van der Waals surface area contributed by atoms with Crippen LogP contribution in [0.2, 0.25) is 10.0 Å². The second-order valence-corrected chi connectivity index (χ2v) is 6.55. The van der Waals surface area contributed by atoms with E-state index in [0.717, 1.165) is 5.39 Å². The summed E-state index contributed by atoms with van der Waals surface area (Å²) in [6.45, 7) is 0.211. The predicted octanol–water partition coefficient (Wildman–Crippen LogP) is 4.15. The van der Waals surface area contributed by atoms with Gasteiger partial charge in [-0.3, -0.25) is 5.10 Å². The zero-order valence-corrected chi connectivity index (χ0v) is 15.1. The predicted molar refractivity (Wildman–Crippen MR) is 98.9 cm³/mol. The van der Waals surface area contributed by atoms with Crippen molar-refractivity contribution in [2.45, 2.75) is 6.61 Å². The molecule has 1 aromatic carbocycles. The van der Waals surface area contributed by atoms with Gasteiger partial charge in [-0.25, -0.2) is 14.5 Å². The Morgan fingerprint density at radius 3 is 3.00 bits per heavy atom. The molecule has 0 spiro atoms. The number of furan rings is 1. The van der Waals surface area contributed by atoms with Crippen LogP contribution in [-0.4, -0.2) is 29.8 Å². The van der Waals surface area contributed by atoms with Crippen LogP contribution in [-0.2, 0) is 6.61 Å². The van der Waals surface area contributed by atoms with Gasteiger partial charge in [-0.15, -0.1) is 5.10 Å². The number of rotatable bonds is 4. The van der Waals surface area contributed by atoms with Gasteiger partial charge in [-0.2, -0.15) is 5.10 Å². The van der Waals surface area contributed by atoms with Gasteiger partial charge in [0.25, 0.3) is 0 Å². The van der Waals surface area contributed by atoms with Crippen molar-refractivity contribution in [3.05, 3.63) is 58.7 Å². The van der Waals surface area contributed by atoms with Crippen molar-refractivity contribution in [1.82, 2.24) is 29.8 Å². The Morgan fingerprint density at radius 2 is 2.11 bits per heavy atom. The molecule has 4 heterocycles. The van der Waals surface area contributed by atoms with Crippen molar-refractivity contribution in [1.29, 1.82) is 0 Å². The minimum Gasteiger partial charge on any atom is -0.484 e. The zero-order chi connectivity index (χ0) is 18.4. The number of fused-ring (bicyclic) bond motifs is 3. The summed E-state index contributed by atoms with van der Waals surface area (Å²) >= 11 is 12.0. The van der Waals surface area contributed by atoms with E-state index in [4.69, 9.17) is 32.4 Å². The van der Waals surface area contributed by atoms with E-state index >= 15 is 0 Å². The summed E-state index contributed by atoms with van der Waals surface area (Å²) in [5.41, 5.74) is 1.29. The molecule has 0 fully saturated rings. The Morgan fingerprint density at radius 1 is 1.19 bits per heavy atom. The third-order valence-corrected chi connectivity index (χ3v) is 4.46. The van der Waals surface area contributed by atoms with Crippen LogP contribution in [0.4, 0.5) is 0 Å². The molecule has 0 radical (unpaired) electrons. The molecule has 0 amide bonds. The third-order valence-electron chi connectivity index (χ3n) is 3.93. The molecule has 0 unspecified atom stereocenters. The summed E-state index contributed by atoms with van der Waals surface area (Å²) in [6, 6.07) is 8.63. The SMILES string of the molecule is Clc1ccc(OCc2ccc(-c3nc4c5cn[nH]c5ncn4n3)o2)c(Cl)c1. The number of hydrogen-bond acceptors (Lipinski definition) is 6. The summed E-state index contributed by atoms with van der Waals surface area (Å²) in [5, 5.41) is 12.9. The molecule has 0 aliphatic rings. The fourth-order valence-corrected chi connectivity index (χ4v) is 3.13. The molecule has 5 aromatic rings. The Kier molecular flexibility index (Phi) is 3.73. The fraction of sp³-hybridized carbons (Fsp3) is 0.0588. The van der Waals surface area contributed by atoms with Gasteiger partial charge in [0.15, 0.2) is 17.1 Å². The molecule has 0 bridgehead atoms. The van der Waals surface area contributed by atoms with Gasteiger partial charge in [0.05, 0.1) is 16.6 Å². The number of H-pyrrole nitrogens is 1. The molecule has 4 aromatic heterocycles. The molecule has 10 heteroatoms. The first-order valence-electron chi connectivity index (χ1n) is 7.89. The number of nitrogens with zero attached hydrogens (tertiary/aromatic N) is 5. The molecule has 0 aliphatic heterocycles. The molecule has 134 valence electrons. The summed E-state index contributed by atoms with van der Waals surface area (Å²) in [5.74, 6) is 2.11. The van der Waals surface area contributed by atoms with Gasteiger partial charge in [0.2, 0.25) is 5.82 Å². The molecule has 0 saturated carbocycles. The van der Waals surface area contributed by atoms with Crippen molar-refractivity contribution in [2.75, 3.05) is 0 Å². The Balaban J connectivity index is 1.40. The van der Waals surface area contributed by atoms with Crippen LogP contribution in [0.1, 0.15) is 5.76 Å². The lowest BCUT2D eigenvalue weighted by Gasteiger charge is -2.06. The fourth-order valence-electron chi connectivity index (χ4n) is 2.66. The van der Waals surface area contributed by atoms with Crippen molar-refractivity contribution in [3.8, 4) is 17.3 Å². The summed E-state index contributed by atoms with van der Waals surface area (Å²) in [4.78, 5) is 8.75. The smallest absolute Gasteiger partial charge is 0.217 e. The van der Waals surface area contributed by atoms with Gasteiger partial charge in [0, 0.05) is 5.02 Å². The first kappa shape index (κ1) is 16.1. The normalized spacial score (nSPS) is 11.5. The molecular weight excluding hydrogens is 391 g/mol. The molecule has 0 aliphatic carbocycles. The van der Waals surface area contributed by atoms with Crippen molar-refractivity contribution in [3.63, 3.8) is 0 Å². The number of nitrogens with one attached hydrogen (secondary N) is 1. The molecular formula is C17H10Cl2N6O2. The highest BCUT2D eigenvalue weighted by atomic mass is 35.5. The van der Waals surface area contributed by atoms with Crippen LogP contribution in [0.5, 0.6) is 5.75 Å². The Labute approximate surface area is 161 Å². The lowest BCUT2D eigenvalue weighted by Crippen LogP contribution is -1.94. The van der Waals surface area contributed by atoms with Crippen molar-refractivity contribution >= 4 is 39.9 Å². The van der Waals surface area contributed by atoms with E-state index in [1.165, 1.54) is 0 Å². The first-order valence-corrected chi connectivity index (χ1v) is 8.64. The van der Waals surface area contributed by atoms with Crippen LogP contribution in [0, 0.1) is 0 Å². The summed E-state index contributed by atoms with van der Waals surface area (Å²) < 4.78 is 13.1. The van der Waals surface area contributed by atoms with E-state index < -0.39 is 0 Å². The van der Waals surface area contributed by atoms with Gasteiger partial charge in [-0.1, -0.05) is 23.2 Å². The van der Waals surface area contributed by atoms with Gasteiger partial charge in [0.1, 0.15) is 24.4 Å². The van der Waals surface area contributed by atoms with Crippen LogP contribution in [0.15, 0.2) is 47.3 Å². The number of hydrogen-bond donors (Lipinski definition) is 1. The van der Waals surface area contributed by atoms with Gasteiger partial charge in [-0.05, 0) is 30.3 Å². The number of aromatic amines is 1. The largest absolute Gasteiger partial charge is 0.484 e. The Hall–Kier alpha value is -3.10. The highest BCUT2D eigenvalue weighted by Gasteiger charge is 2.14. The average molecular weight is 401 g/mol. The van der Waals surface area contributed by atoms with Gasteiger partial charge < -0.3 is 9.15 Å². The maximum Gasteiger partial charge on any atom is 0.217 e. The van der Waals surface area contributed by atoms with Crippen LogP contribution in [0.25, 0.3) is 28.3 Å². The third kappa shape index (κ3) is 2.88. The van der Waals surface area contributed by atoms with E-state index in [1.54, 1.807) is 47.4 Å². The Bertz CT molecular complexity index is 1280. The molecule has 27 heavy (non-hydrogen) atoms. The number of benzene rings is 1. The lowest BCUT2D eigenvalue weighted by atomic mass is 10.3. The van der Waals surface area contributed by atoms with E-state index in [2.05, 4.69) is 25.3 Å². The highest BCUT2D eigenvalue weighted by molar-refractivity contribution is 6.35. The van der Waals surface area contributed by atoms with E-state index in [-0.39, 0.29) is 6.61 Å². The second-order valence-electron chi connectivity index (χ2n) is 5.71. The van der Waals surface area contributed by atoms with E-state index in [1.807, 2.05) is 0 Å². The molecule has 0 atom stereocenters. The maximum absolute atomic E-state index is 6.10. The zero-order valence-electron chi connectivity index (χ0n) is 13.6. The minimum atomic E-state index is 0.211. The molecule has 5 rings (SSSR count). The highest BCUT2D eigenvalue weighted by Crippen LogP contribution is 2.29. The van der Waals surface area contributed by atoms with Crippen molar-refractivity contribution in [2.24, 2.45) is 0 Å². The summed E-state index contributed by atoms with van der Waals surface area (Å²) in [6.07, 6.45) is 3.23. The van der Waals surface area contributed by atoms with Crippen LogP contribution < -0.4 is 4.74 Å². The average Bonchev–Trinajstić information content (AvgIpc) is 3.38. The topological polar surface area (TPSA) is 94.1 Å². The quantitative estimate of drug-likeness (QED) is 0.486.